The number of nitrogens with one attached hydrogen (secondary N) is 1. The van der Waals surface area contributed by atoms with E-state index in [9.17, 15) is 14.4 Å². The van der Waals surface area contributed by atoms with Crippen molar-refractivity contribution < 1.29 is 4.79 Å². The topological polar surface area (TPSA) is 86.0 Å². The monoisotopic (exact) mass is 406 g/mol. The van der Waals surface area contributed by atoms with E-state index in [0.717, 1.165) is 25.9 Å². The largest absolute Gasteiger partial charge is 0.352 e. The lowest BCUT2D eigenvalue weighted by Crippen LogP contribution is -2.47. The fraction of sp³-hybridized carbons (Fsp3) is 0.304. The van der Waals surface area contributed by atoms with E-state index in [1.165, 1.54) is 0 Å². The first kappa shape index (κ1) is 21.2. The molecule has 0 bridgehead atoms. The molecule has 3 aromatic rings. The van der Waals surface area contributed by atoms with Gasteiger partial charge in [-0.2, -0.15) is 9.78 Å². The van der Waals surface area contributed by atoms with Crippen LogP contribution in [0.1, 0.15) is 47.4 Å². The number of carbonyl (C=O) groups is 1. The summed E-state index contributed by atoms with van der Waals surface area (Å²) in [4.78, 5) is 38.9. The predicted octanol–water partition coefficient (Wildman–Crippen LogP) is 2.59. The highest BCUT2D eigenvalue weighted by Crippen LogP contribution is 2.07. The predicted molar refractivity (Wildman–Crippen MR) is 116 cm³/mol. The number of carbonyl (C=O) groups excluding carboxylic acids is 1. The van der Waals surface area contributed by atoms with Gasteiger partial charge in [-0.1, -0.05) is 54.4 Å². The van der Waals surface area contributed by atoms with Gasteiger partial charge in [-0.05, 0) is 44.9 Å². The average molecular weight is 406 g/mol. The highest BCUT2D eigenvalue weighted by atomic mass is 16.2. The van der Waals surface area contributed by atoms with Crippen molar-refractivity contribution in [2.45, 2.75) is 46.7 Å². The Hall–Kier alpha value is -3.48. The first-order chi connectivity index (χ1) is 14.3. The Kier molecular flexibility index (Phi) is 6.30. The fourth-order valence-electron chi connectivity index (χ4n) is 2.92. The van der Waals surface area contributed by atoms with Gasteiger partial charge in [-0.25, -0.2) is 4.79 Å². The minimum atomic E-state index is -0.704. The molecule has 0 saturated heterocycles. The molecule has 1 heterocycles. The SMILES string of the molecule is CC[C@@H](C)NC(=O)c1nn(-c2ccc(C)cc2)c(=O)n(Cc2ccc(C)cc2)c1=O. The van der Waals surface area contributed by atoms with Gasteiger partial charge < -0.3 is 5.32 Å². The molecular formula is C23H26N4O3. The van der Waals surface area contributed by atoms with Crippen LogP contribution in [0.15, 0.2) is 58.1 Å². The van der Waals surface area contributed by atoms with Gasteiger partial charge in [-0.3, -0.25) is 14.2 Å². The molecule has 2 aromatic carbocycles. The number of benzene rings is 2. The first-order valence-corrected chi connectivity index (χ1v) is 9.97. The standard InChI is InChI=1S/C23H26N4O3/c1-5-17(4)24-21(28)20-22(29)26(14-18-10-6-15(2)7-11-18)23(30)27(25-20)19-12-8-16(3)9-13-19/h6-13,17H,5,14H2,1-4H3,(H,24,28)/t17-/m1/s1. The van der Waals surface area contributed by atoms with Crippen molar-refractivity contribution in [3.63, 3.8) is 0 Å². The third-order valence-corrected chi connectivity index (χ3v) is 5.00. The Bertz CT molecular complexity index is 1160. The van der Waals surface area contributed by atoms with E-state index in [1.54, 1.807) is 12.1 Å². The minimum absolute atomic E-state index is 0.0515. The lowest BCUT2D eigenvalue weighted by Gasteiger charge is -2.14. The van der Waals surface area contributed by atoms with Crippen LogP contribution in [-0.2, 0) is 6.54 Å². The fourth-order valence-corrected chi connectivity index (χ4v) is 2.92. The molecule has 0 spiro atoms. The van der Waals surface area contributed by atoms with Crippen LogP contribution in [0.2, 0.25) is 0 Å². The van der Waals surface area contributed by atoms with Gasteiger partial charge in [0.05, 0.1) is 12.2 Å². The first-order valence-electron chi connectivity index (χ1n) is 9.97. The minimum Gasteiger partial charge on any atom is -0.348 e. The van der Waals surface area contributed by atoms with Crippen molar-refractivity contribution in [3.05, 3.63) is 91.8 Å². The molecule has 0 fully saturated rings. The summed E-state index contributed by atoms with van der Waals surface area (Å²) in [5.74, 6) is -0.590. The van der Waals surface area contributed by atoms with Crippen LogP contribution in [0.25, 0.3) is 5.69 Å². The molecule has 1 N–H and O–H groups in total. The zero-order valence-corrected chi connectivity index (χ0v) is 17.7. The number of aryl methyl sites for hydroxylation is 2. The molecule has 30 heavy (non-hydrogen) atoms. The Labute approximate surface area is 175 Å². The summed E-state index contributed by atoms with van der Waals surface area (Å²) in [7, 11) is 0. The van der Waals surface area contributed by atoms with E-state index in [1.807, 2.05) is 64.1 Å². The number of rotatable bonds is 6. The lowest BCUT2D eigenvalue weighted by molar-refractivity contribution is 0.0929. The summed E-state index contributed by atoms with van der Waals surface area (Å²) >= 11 is 0. The maximum atomic E-state index is 13.1. The van der Waals surface area contributed by atoms with Crippen molar-refractivity contribution in [1.82, 2.24) is 19.7 Å². The third-order valence-electron chi connectivity index (χ3n) is 5.00. The van der Waals surface area contributed by atoms with E-state index in [0.29, 0.717) is 12.1 Å². The smallest absolute Gasteiger partial charge is 0.348 e. The van der Waals surface area contributed by atoms with E-state index in [-0.39, 0.29) is 18.3 Å². The summed E-state index contributed by atoms with van der Waals surface area (Å²) in [6.45, 7) is 7.73. The zero-order chi connectivity index (χ0) is 21.8. The second kappa shape index (κ2) is 8.90. The number of nitrogens with zero attached hydrogens (tertiary/aromatic N) is 3. The van der Waals surface area contributed by atoms with Crippen LogP contribution in [0, 0.1) is 13.8 Å². The highest BCUT2D eigenvalue weighted by Gasteiger charge is 2.21. The molecule has 0 radical (unpaired) electrons. The summed E-state index contributed by atoms with van der Waals surface area (Å²) in [5.41, 5.74) is 1.77. The molecule has 1 aromatic heterocycles. The Morgan fingerprint density at radius 1 is 1.00 bits per heavy atom. The maximum absolute atomic E-state index is 13.1. The van der Waals surface area contributed by atoms with Crippen LogP contribution in [0.3, 0.4) is 0 Å². The Balaban J connectivity index is 2.17. The molecule has 0 aliphatic rings. The average Bonchev–Trinajstić information content (AvgIpc) is 2.73. The summed E-state index contributed by atoms with van der Waals surface area (Å²) in [6, 6.07) is 14.6. The third kappa shape index (κ3) is 4.56. The van der Waals surface area contributed by atoms with Crippen molar-refractivity contribution in [2.24, 2.45) is 0 Å². The van der Waals surface area contributed by atoms with Crippen LogP contribution < -0.4 is 16.6 Å². The van der Waals surface area contributed by atoms with E-state index < -0.39 is 17.2 Å². The number of hydrogen-bond donors (Lipinski definition) is 1. The molecule has 0 saturated carbocycles. The van der Waals surface area contributed by atoms with Crippen molar-refractivity contribution in [2.75, 3.05) is 0 Å². The van der Waals surface area contributed by atoms with Gasteiger partial charge in [-0.15, -0.1) is 0 Å². The molecule has 3 rings (SSSR count). The number of hydrogen-bond acceptors (Lipinski definition) is 4. The zero-order valence-electron chi connectivity index (χ0n) is 17.7. The van der Waals surface area contributed by atoms with Crippen molar-refractivity contribution >= 4 is 5.91 Å². The van der Waals surface area contributed by atoms with Crippen LogP contribution >= 0.6 is 0 Å². The van der Waals surface area contributed by atoms with Gasteiger partial charge in [0, 0.05) is 6.04 Å². The van der Waals surface area contributed by atoms with E-state index >= 15 is 0 Å². The lowest BCUT2D eigenvalue weighted by atomic mass is 10.1. The number of aromatic nitrogens is 3. The van der Waals surface area contributed by atoms with Crippen LogP contribution in [0.5, 0.6) is 0 Å². The van der Waals surface area contributed by atoms with Gasteiger partial charge in [0.15, 0.2) is 0 Å². The number of amides is 1. The second-order valence-corrected chi connectivity index (χ2v) is 7.54. The van der Waals surface area contributed by atoms with Gasteiger partial charge in [0.25, 0.3) is 11.5 Å². The normalized spacial score (nSPS) is 11.9. The summed E-state index contributed by atoms with van der Waals surface area (Å²) < 4.78 is 2.17. The molecule has 0 unspecified atom stereocenters. The van der Waals surface area contributed by atoms with Crippen LogP contribution in [0.4, 0.5) is 0 Å². The molecule has 1 atom stereocenters. The molecule has 7 heteroatoms. The van der Waals surface area contributed by atoms with Gasteiger partial charge in [0.1, 0.15) is 0 Å². The van der Waals surface area contributed by atoms with Gasteiger partial charge >= 0.3 is 5.69 Å². The molecule has 0 aliphatic heterocycles. The maximum Gasteiger partial charge on any atom is 0.352 e. The van der Waals surface area contributed by atoms with Crippen molar-refractivity contribution in [3.8, 4) is 5.69 Å². The molecule has 7 nitrogen and oxygen atoms in total. The summed E-state index contributed by atoms with van der Waals surface area (Å²) in [5, 5.41) is 6.90. The second-order valence-electron chi connectivity index (χ2n) is 7.54. The van der Waals surface area contributed by atoms with E-state index in [2.05, 4.69) is 10.4 Å². The molecule has 156 valence electrons. The van der Waals surface area contributed by atoms with Gasteiger partial charge in [0.2, 0.25) is 5.69 Å². The van der Waals surface area contributed by atoms with E-state index in [4.69, 9.17) is 0 Å². The summed E-state index contributed by atoms with van der Waals surface area (Å²) in [6.07, 6.45) is 0.709. The van der Waals surface area contributed by atoms with Crippen LogP contribution in [-0.4, -0.2) is 26.3 Å². The quantitative estimate of drug-likeness (QED) is 0.682. The van der Waals surface area contributed by atoms with Crippen molar-refractivity contribution in [1.29, 1.82) is 0 Å². The Morgan fingerprint density at radius 3 is 2.13 bits per heavy atom. The Morgan fingerprint density at radius 2 is 1.57 bits per heavy atom. The highest BCUT2D eigenvalue weighted by molar-refractivity contribution is 5.91. The molecular weight excluding hydrogens is 380 g/mol. The molecule has 1 amide bonds. The molecule has 0 aliphatic carbocycles.